The van der Waals surface area contributed by atoms with E-state index in [4.69, 9.17) is 4.74 Å². The minimum atomic E-state index is -0.641. The molecule has 0 spiro atoms. The number of hydrogen-bond donors (Lipinski definition) is 1. The molecule has 0 aliphatic heterocycles. The Morgan fingerprint density at radius 3 is 1.65 bits per heavy atom. The highest BCUT2D eigenvalue weighted by Crippen LogP contribution is 2.52. The Bertz CT molecular complexity index is 458. The quantitative estimate of drug-likeness (QED) is 0.644. The fourth-order valence-corrected chi connectivity index (χ4v) is 2.46. The molecule has 0 fully saturated rings. The number of carbonyl (C=O) groups is 1. The van der Waals surface area contributed by atoms with Crippen LogP contribution in [0.4, 0.5) is 0 Å². The summed E-state index contributed by atoms with van der Waals surface area (Å²) in [6.45, 7) is 14.3. The highest BCUT2D eigenvalue weighted by molar-refractivity contribution is 5.80. The fraction of sp³-hybridized carbons (Fsp3) is 0.588. The molecule has 0 saturated heterocycles. The van der Waals surface area contributed by atoms with E-state index in [1.165, 1.54) is 12.1 Å². The van der Waals surface area contributed by atoms with E-state index in [1.807, 2.05) is 6.92 Å². The first-order chi connectivity index (χ1) is 8.89. The largest absolute Gasteiger partial charge is 0.508 e. The van der Waals surface area contributed by atoms with Gasteiger partial charge in [0, 0.05) is 0 Å². The molecule has 3 heteroatoms. The summed E-state index contributed by atoms with van der Waals surface area (Å²) in [5, 5.41) is 9.27. The van der Waals surface area contributed by atoms with Crippen LogP contribution < -0.4 is 4.74 Å². The zero-order chi connectivity index (χ0) is 15.8. The summed E-state index contributed by atoms with van der Waals surface area (Å²) in [5.74, 6) is 0.356. The van der Waals surface area contributed by atoms with E-state index in [2.05, 4.69) is 41.5 Å². The number of benzene rings is 1. The number of phenols is 1. The minimum Gasteiger partial charge on any atom is -0.508 e. The lowest BCUT2D eigenvalue weighted by Gasteiger charge is -2.48. The molecule has 1 N–H and O–H groups in total. The van der Waals surface area contributed by atoms with E-state index in [-0.39, 0.29) is 22.5 Å². The summed E-state index contributed by atoms with van der Waals surface area (Å²) in [4.78, 5) is 12.7. The highest BCUT2D eigenvalue weighted by Gasteiger charge is 2.53. The van der Waals surface area contributed by atoms with Gasteiger partial charge in [-0.1, -0.05) is 41.5 Å². The van der Waals surface area contributed by atoms with Gasteiger partial charge in [-0.25, -0.2) is 0 Å². The lowest BCUT2D eigenvalue weighted by Crippen LogP contribution is -2.51. The third-order valence-electron chi connectivity index (χ3n) is 4.46. The molecular formula is C17H26O3. The van der Waals surface area contributed by atoms with Crippen LogP contribution in [0.5, 0.6) is 11.5 Å². The maximum absolute atomic E-state index is 12.7. The van der Waals surface area contributed by atoms with E-state index in [0.29, 0.717) is 5.75 Å². The van der Waals surface area contributed by atoms with Crippen LogP contribution in [0, 0.1) is 16.2 Å². The Morgan fingerprint density at radius 2 is 1.30 bits per heavy atom. The topological polar surface area (TPSA) is 46.5 Å². The van der Waals surface area contributed by atoms with E-state index in [0.717, 1.165) is 0 Å². The van der Waals surface area contributed by atoms with Gasteiger partial charge in [-0.3, -0.25) is 4.79 Å². The zero-order valence-corrected chi connectivity index (χ0v) is 13.6. The smallest absolute Gasteiger partial charge is 0.318 e. The van der Waals surface area contributed by atoms with Gasteiger partial charge in [0.25, 0.3) is 0 Å². The molecule has 0 aliphatic carbocycles. The van der Waals surface area contributed by atoms with Crippen LogP contribution in [0.3, 0.4) is 0 Å². The molecular weight excluding hydrogens is 252 g/mol. The predicted octanol–water partition coefficient (Wildman–Crippen LogP) is 4.40. The fourth-order valence-electron chi connectivity index (χ4n) is 2.46. The molecule has 1 aromatic rings. The molecule has 1 aromatic carbocycles. The average Bonchev–Trinajstić information content (AvgIpc) is 2.28. The van der Waals surface area contributed by atoms with E-state index in [9.17, 15) is 9.90 Å². The molecule has 20 heavy (non-hydrogen) atoms. The zero-order valence-electron chi connectivity index (χ0n) is 13.6. The second kappa shape index (κ2) is 5.12. The number of aromatic hydroxyl groups is 1. The second-order valence-corrected chi connectivity index (χ2v) is 7.51. The molecule has 112 valence electrons. The summed E-state index contributed by atoms with van der Waals surface area (Å²) in [6, 6.07) is 6.21. The summed E-state index contributed by atoms with van der Waals surface area (Å²) in [6.07, 6.45) is 0. The Kier molecular flexibility index (Phi) is 4.23. The number of hydrogen-bond acceptors (Lipinski definition) is 3. The van der Waals surface area contributed by atoms with E-state index < -0.39 is 5.41 Å². The highest BCUT2D eigenvalue weighted by atomic mass is 16.5. The Hall–Kier alpha value is -1.51. The van der Waals surface area contributed by atoms with Crippen LogP contribution in [0.1, 0.15) is 48.5 Å². The molecule has 0 heterocycles. The number of phenolic OH excluding ortho intramolecular Hbond substituents is 1. The Labute approximate surface area is 122 Å². The van der Waals surface area contributed by atoms with Crippen molar-refractivity contribution in [3.8, 4) is 11.5 Å². The van der Waals surface area contributed by atoms with Gasteiger partial charge < -0.3 is 9.84 Å². The maximum Gasteiger partial charge on any atom is 0.318 e. The average molecular weight is 278 g/mol. The van der Waals surface area contributed by atoms with Crippen LogP contribution in [0.2, 0.25) is 0 Å². The van der Waals surface area contributed by atoms with Crippen molar-refractivity contribution < 1.29 is 14.6 Å². The lowest BCUT2D eigenvalue weighted by atomic mass is 9.55. The van der Waals surface area contributed by atoms with Gasteiger partial charge in [0.1, 0.15) is 11.5 Å². The molecule has 0 bridgehead atoms. The van der Waals surface area contributed by atoms with Gasteiger partial charge in [0.2, 0.25) is 0 Å². The predicted molar refractivity (Wildman–Crippen MR) is 80.8 cm³/mol. The van der Waals surface area contributed by atoms with Crippen LogP contribution in [-0.4, -0.2) is 11.1 Å². The van der Waals surface area contributed by atoms with Crippen molar-refractivity contribution in [2.45, 2.75) is 48.5 Å². The van der Waals surface area contributed by atoms with Crippen molar-refractivity contribution in [2.24, 2.45) is 16.2 Å². The molecule has 0 aromatic heterocycles. The third kappa shape index (κ3) is 2.97. The van der Waals surface area contributed by atoms with Crippen LogP contribution >= 0.6 is 0 Å². The van der Waals surface area contributed by atoms with Gasteiger partial charge in [0.05, 0.1) is 5.41 Å². The SMILES string of the molecule is CC(C)(C)C(C)(C(=O)Oc1ccc(O)cc1)C(C)(C)C. The monoisotopic (exact) mass is 278 g/mol. The Morgan fingerprint density at radius 1 is 0.900 bits per heavy atom. The minimum absolute atomic E-state index is 0.152. The molecule has 0 saturated carbocycles. The van der Waals surface area contributed by atoms with Crippen LogP contribution in [-0.2, 0) is 4.79 Å². The standard InChI is InChI=1S/C17H26O3/c1-15(2,3)17(7,16(4,5)6)14(19)20-13-10-8-12(18)9-11-13/h8-11,18H,1-7H3. The first-order valence-corrected chi connectivity index (χ1v) is 6.91. The van der Waals surface area contributed by atoms with E-state index in [1.54, 1.807) is 12.1 Å². The number of ether oxygens (including phenoxy) is 1. The third-order valence-corrected chi connectivity index (χ3v) is 4.46. The van der Waals surface area contributed by atoms with Gasteiger partial charge in [-0.2, -0.15) is 0 Å². The number of carbonyl (C=O) groups excluding carboxylic acids is 1. The molecule has 0 unspecified atom stereocenters. The summed E-state index contributed by atoms with van der Waals surface area (Å²) in [5.41, 5.74) is -1.11. The molecule has 0 aliphatic rings. The van der Waals surface area contributed by atoms with Crippen molar-refractivity contribution in [1.29, 1.82) is 0 Å². The maximum atomic E-state index is 12.7. The summed E-state index contributed by atoms with van der Waals surface area (Å²) < 4.78 is 5.54. The van der Waals surface area contributed by atoms with Gasteiger partial charge in [-0.15, -0.1) is 0 Å². The lowest BCUT2D eigenvalue weighted by molar-refractivity contribution is -0.162. The first-order valence-electron chi connectivity index (χ1n) is 6.91. The Balaban J connectivity index is 3.11. The number of esters is 1. The van der Waals surface area contributed by atoms with Crippen molar-refractivity contribution in [1.82, 2.24) is 0 Å². The number of rotatable bonds is 2. The molecule has 0 amide bonds. The molecule has 1 rings (SSSR count). The van der Waals surface area contributed by atoms with Gasteiger partial charge >= 0.3 is 5.97 Å². The summed E-state index contributed by atoms with van der Waals surface area (Å²) >= 11 is 0. The van der Waals surface area contributed by atoms with Crippen molar-refractivity contribution in [3.05, 3.63) is 24.3 Å². The van der Waals surface area contributed by atoms with Crippen LogP contribution in [0.25, 0.3) is 0 Å². The van der Waals surface area contributed by atoms with Crippen molar-refractivity contribution >= 4 is 5.97 Å². The molecule has 0 atom stereocenters. The van der Waals surface area contributed by atoms with Gasteiger partial charge in [0.15, 0.2) is 0 Å². The van der Waals surface area contributed by atoms with Crippen molar-refractivity contribution in [3.63, 3.8) is 0 Å². The first kappa shape index (κ1) is 16.5. The normalized spacial score (nSPS) is 13.2. The second-order valence-electron chi connectivity index (χ2n) is 7.51. The van der Waals surface area contributed by atoms with E-state index >= 15 is 0 Å². The van der Waals surface area contributed by atoms with Crippen LogP contribution in [0.15, 0.2) is 24.3 Å². The van der Waals surface area contributed by atoms with Gasteiger partial charge in [-0.05, 0) is 42.0 Å². The summed E-state index contributed by atoms with van der Waals surface area (Å²) in [7, 11) is 0. The molecule has 0 radical (unpaired) electrons. The van der Waals surface area contributed by atoms with Crippen molar-refractivity contribution in [2.75, 3.05) is 0 Å². The molecule has 3 nitrogen and oxygen atoms in total.